The van der Waals surface area contributed by atoms with Crippen LogP contribution in [0.1, 0.15) is 5.69 Å². The number of aliphatic hydroxyl groups excluding tert-OH is 1. The number of aromatic nitrogens is 1. The van der Waals surface area contributed by atoms with Crippen molar-refractivity contribution in [2.45, 2.75) is 11.0 Å². The fourth-order valence-electron chi connectivity index (χ4n) is 1.36. The van der Waals surface area contributed by atoms with Gasteiger partial charge in [-0.2, -0.15) is 9.57 Å². The second-order valence-electron chi connectivity index (χ2n) is 3.47. The summed E-state index contributed by atoms with van der Waals surface area (Å²) < 4.78 is 24.9. The van der Waals surface area contributed by atoms with E-state index in [0.717, 1.165) is 6.20 Å². The van der Waals surface area contributed by atoms with Crippen molar-refractivity contribution in [2.24, 2.45) is 0 Å². The third-order valence-corrected chi connectivity index (χ3v) is 4.13. The van der Waals surface area contributed by atoms with E-state index in [4.69, 9.17) is 10.4 Å². The predicted octanol–water partition coefficient (Wildman–Crippen LogP) is -0.682. The predicted molar refractivity (Wildman–Crippen MR) is 53.7 cm³/mol. The number of sulfonamides is 1. The van der Waals surface area contributed by atoms with Gasteiger partial charge in [0.15, 0.2) is 0 Å². The molecule has 0 spiro atoms. The Labute approximate surface area is 92.8 Å². The number of β-amino-alcohol motifs (C(OH)–C–C–N with tert-alkyl or cyclic N) is 1. The molecule has 0 bridgehead atoms. The van der Waals surface area contributed by atoms with Crippen molar-refractivity contribution in [3.05, 3.63) is 24.0 Å². The van der Waals surface area contributed by atoms with E-state index in [-0.39, 0.29) is 23.7 Å². The lowest BCUT2D eigenvalue weighted by molar-refractivity contribution is 0.0547. The summed E-state index contributed by atoms with van der Waals surface area (Å²) in [5.74, 6) is 0. The highest BCUT2D eigenvalue weighted by Gasteiger charge is 2.35. The van der Waals surface area contributed by atoms with Crippen molar-refractivity contribution in [3.63, 3.8) is 0 Å². The highest BCUT2D eigenvalue weighted by Crippen LogP contribution is 2.20. The van der Waals surface area contributed by atoms with Crippen LogP contribution < -0.4 is 0 Å². The summed E-state index contributed by atoms with van der Waals surface area (Å²) in [6.07, 6.45) is 0.569. The van der Waals surface area contributed by atoms with Crippen molar-refractivity contribution < 1.29 is 13.5 Å². The lowest BCUT2D eigenvalue weighted by atomic mass is 10.2. The van der Waals surface area contributed by atoms with Gasteiger partial charge in [-0.3, -0.25) is 0 Å². The molecule has 0 radical (unpaired) electrons. The van der Waals surface area contributed by atoms with Crippen LogP contribution in [0.25, 0.3) is 0 Å². The number of hydrogen-bond donors (Lipinski definition) is 1. The molecule has 1 aromatic heterocycles. The Bertz CT molecular complexity index is 526. The Balaban J connectivity index is 2.27. The minimum atomic E-state index is -3.56. The van der Waals surface area contributed by atoms with Crippen LogP contribution in [0.15, 0.2) is 23.2 Å². The zero-order valence-electron chi connectivity index (χ0n) is 8.24. The molecule has 2 heterocycles. The van der Waals surface area contributed by atoms with Gasteiger partial charge >= 0.3 is 0 Å². The van der Waals surface area contributed by atoms with Gasteiger partial charge in [-0.25, -0.2) is 13.4 Å². The topological polar surface area (TPSA) is 94.3 Å². The Kier molecular flexibility index (Phi) is 2.63. The first-order valence-electron chi connectivity index (χ1n) is 4.58. The minimum Gasteiger partial charge on any atom is -0.390 e. The normalized spacial score (nSPS) is 17.8. The van der Waals surface area contributed by atoms with Gasteiger partial charge in [0.25, 0.3) is 0 Å². The summed E-state index contributed by atoms with van der Waals surface area (Å²) in [4.78, 5) is 3.73. The molecule has 1 aliphatic heterocycles. The number of rotatable bonds is 2. The third-order valence-electron chi connectivity index (χ3n) is 2.32. The van der Waals surface area contributed by atoms with Crippen molar-refractivity contribution >= 4 is 10.0 Å². The molecule has 16 heavy (non-hydrogen) atoms. The fourth-order valence-corrected chi connectivity index (χ4v) is 2.82. The van der Waals surface area contributed by atoms with Gasteiger partial charge in [0.05, 0.1) is 6.10 Å². The summed E-state index contributed by atoms with van der Waals surface area (Å²) >= 11 is 0. The first kappa shape index (κ1) is 11.0. The lowest BCUT2D eigenvalue weighted by Gasteiger charge is -2.34. The molecule has 1 N–H and O–H groups in total. The quantitative estimate of drug-likeness (QED) is 0.737. The average Bonchev–Trinajstić information content (AvgIpc) is 2.25. The molecule has 0 atom stereocenters. The molecule has 1 fully saturated rings. The third kappa shape index (κ3) is 1.78. The monoisotopic (exact) mass is 239 g/mol. The van der Waals surface area contributed by atoms with E-state index < -0.39 is 16.1 Å². The molecule has 0 amide bonds. The van der Waals surface area contributed by atoms with Crippen LogP contribution >= 0.6 is 0 Å². The van der Waals surface area contributed by atoms with Gasteiger partial charge in [0, 0.05) is 19.3 Å². The maximum atomic E-state index is 11.9. The lowest BCUT2D eigenvalue weighted by Crippen LogP contribution is -2.53. The average molecular weight is 239 g/mol. The second kappa shape index (κ2) is 3.83. The summed E-state index contributed by atoms with van der Waals surface area (Å²) in [5, 5.41) is 17.6. The van der Waals surface area contributed by atoms with Crippen molar-refractivity contribution in [3.8, 4) is 6.07 Å². The highest BCUT2D eigenvalue weighted by atomic mass is 32.2. The van der Waals surface area contributed by atoms with Gasteiger partial charge in [0.2, 0.25) is 10.0 Å². The number of aliphatic hydroxyl groups is 1. The molecule has 0 unspecified atom stereocenters. The first-order chi connectivity index (χ1) is 7.54. The molecule has 0 aliphatic carbocycles. The van der Waals surface area contributed by atoms with Crippen LogP contribution in [0.5, 0.6) is 0 Å². The first-order valence-corrected chi connectivity index (χ1v) is 6.02. The molecule has 0 aromatic carbocycles. The van der Waals surface area contributed by atoms with E-state index in [9.17, 15) is 8.42 Å². The van der Waals surface area contributed by atoms with E-state index >= 15 is 0 Å². The number of hydrogen-bond acceptors (Lipinski definition) is 5. The Morgan fingerprint density at radius 2 is 2.19 bits per heavy atom. The van der Waals surface area contributed by atoms with Gasteiger partial charge in [-0.1, -0.05) is 0 Å². The highest BCUT2D eigenvalue weighted by molar-refractivity contribution is 7.89. The molecule has 1 aliphatic rings. The SMILES string of the molecule is N#Cc1ccc(S(=O)(=O)N2CC(O)C2)cn1. The molecule has 7 heteroatoms. The van der Waals surface area contributed by atoms with E-state index in [1.54, 1.807) is 0 Å². The molecule has 6 nitrogen and oxygen atoms in total. The standard InChI is InChI=1S/C9H9N3O3S/c10-3-7-1-2-9(4-11-7)16(14,15)12-5-8(13)6-12/h1-2,4,8,13H,5-6H2. The van der Waals surface area contributed by atoms with Crippen LogP contribution in [0.3, 0.4) is 0 Å². The van der Waals surface area contributed by atoms with Gasteiger partial charge < -0.3 is 5.11 Å². The van der Waals surface area contributed by atoms with Gasteiger partial charge in [-0.05, 0) is 12.1 Å². The van der Waals surface area contributed by atoms with Crippen LogP contribution in [-0.4, -0.2) is 42.0 Å². The molecule has 0 saturated carbocycles. The molecular formula is C9H9N3O3S. The summed E-state index contributed by atoms with van der Waals surface area (Å²) in [6, 6.07) is 4.50. The summed E-state index contributed by atoms with van der Waals surface area (Å²) in [5.41, 5.74) is 0.169. The second-order valence-corrected chi connectivity index (χ2v) is 5.40. The smallest absolute Gasteiger partial charge is 0.244 e. The summed E-state index contributed by atoms with van der Waals surface area (Å²) in [7, 11) is -3.56. The molecule has 1 saturated heterocycles. The minimum absolute atomic E-state index is 0.0402. The van der Waals surface area contributed by atoms with E-state index in [1.165, 1.54) is 16.4 Å². The Morgan fingerprint density at radius 3 is 2.62 bits per heavy atom. The van der Waals surface area contributed by atoms with E-state index in [2.05, 4.69) is 4.98 Å². The maximum absolute atomic E-state index is 11.9. The number of nitrogens with zero attached hydrogens (tertiary/aromatic N) is 3. The molecule has 84 valence electrons. The summed E-state index contributed by atoms with van der Waals surface area (Å²) in [6.45, 7) is 0.227. The van der Waals surface area contributed by atoms with Crippen LogP contribution in [-0.2, 0) is 10.0 Å². The zero-order valence-corrected chi connectivity index (χ0v) is 9.05. The Hall–Kier alpha value is -1.49. The number of pyridine rings is 1. The molecular weight excluding hydrogens is 230 g/mol. The van der Waals surface area contributed by atoms with Gasteiger partial charge in [-0.15, -0.1) is 0 Å². The Morgan fingerprint density at radius 1 is 1.50 bits per heavy atom. The molecule has 1 aromatic rings. The fraction of sp³-hybridized carbons (Fsp3) is 0.333. The largest absolute Gasteiger partial charge is 0.390 e. The number of nitriles is 1. The van der Waals surface area contributed by atoms with Crippen molar-refractivity contribution in [1.29, 1.82) is 5.26 Å². The van der Waals surface area contributed by atoms with Crippen LogP contribution in [0, 0.1) is 11.3 Å². The van der Waals surface area contributed by atoms with Crippen molar-refractivity contribution in [2.75, 3.05) is 13.1 Å². The van der Waals surface area contributed by atoms with Crippen LogP contribution in [0.4, 0.5) is 0 Å². The van der Waals surface area contributed by atoms with Crippen molar-refractivity contribution in [1.82, 2.24) is 9.29 Å². The van der Waals surface area contributed by atoms with E-state index in [0.29, 0.717) is 0 Å². The van der Waals surface area contributed by atoms with E-state index in [1.807, 2.05) is 6.07 Å². The van der Waals surface area contributed by atoms with Gasteiger partial charge in [0.1, 0.15) is 16.7 Å². The van der Waals surface area contributed by atoms with Crippen LogP contribution in [0.2, 0.25) is 0 Å². The zero-order chi connectivity index (χ0) is 11.8. The maximum Gasteiger partial charge on any atom is 0.244 e. The molecule has 2 rings (SSSR count).